The number of aryl methyl sites for hydroxylation is 1. The minimum Gasteiger partial charge on any atom is -0.492 e. The molecule has 0 bridgehead atoms. The molecule has 7 heteroatoms. The lowest BCUT2D eigenvalue weighted by Gasteiger charge is -2.21. The summed E-state index contributed by atoms with van der Waals surface area (Å²) >= 11 is 1.46. The van der Waals surface area contributed by atoms with Crippen LogP contribution in [-0.4, -0.2) is 58.0 Å². The van der Waals surface area contributed by atoms with Gasteiger partial charge in [-0.1, -0.05) is 0 Å². The average molecular weight is 348 g/mol. The van der Waals surface area contributed by atoms with Crippen LogP contribution in [0.1, 0.15) is 28.8 Å². The maximum Gasteiger partial charge on any atom is 0.267 e. The zero-order chi connectivity index (χ0) is 16.9. The monoisotopic (exact) mass is 348 g/mol. The van der Waals surface area contributed by atoms with Gasteiger partial charge in [0.25, 0.3) is 5.91 Å². The first-order valence-electron chi connectivity index (χ1n) is 8.37. The van der Waals surface area contributed by atoms with Crippen molar-refractivity contribution < 1.29 is 9.53 Å². The number of hydrogen-bond acceptors (Lipinski definition) is 5. The van der Waals surface area contributed by atoms with Gasteiger partial charge < -0.3 is 14.2 Å². The Bertz CT molecular complexity index is 682. The van der Waals surface area contributed by atoms with Gasteiger partial charge in [0.05, 0.1) is 13.2 Å². The lowest BCUT2D eigenvalue weighted by atomic mass is 10.3. The van der Waals surface area contributed by atoms with Crippen molar-refractivity contribution in [3.05, 3.63) is 34.5 Å². The summed E-state index contributed by atoms with van der Waals surface area (Å²) < 4.78 is 7.62. The zero-order valence-electron chi connectivity index (χ0n) is 14.3. The molecule has 1 saturated heterocycles. The molecule has 0 spiro atoms. The van der Waals surface area contributed by atoms with Gasteiger partial charge in [0.2, 0.25) is 0 Å². The molecule has 1 aliphatic heterocycles. The maximum atomic E-state index is 12.8. The Balaban J connectivity index is 1.61. The van der Waals surface area contributed by atoms with Crippen LogP contribution < -0.4 is 4.74 Å². The molecular weight excluding hydrogens is 324 g/mol. The van der Waals surface area contributed by atoms with Crippen molar-refractivity contribution in [2.24, 2.45) is 7.05 Å². The van der Waals surface area contributed by atoms with Crippen molar-refractivity contribution in [3.8, 4) is 5.75 Å². The van der Waals surface area contributed by atoms with Gasteiger partial charge in [-0.05, 0) is 24.8 Å². The first-order valence-corrected chi connectivity index (χ1v) is 9.25. The van der Waals surface area contributed by atoms with Crippen LogP contribution >= 0.6 is 11.3 Å². The summed E-state index contributed by atoms with van der Waals surface area (Å²) in [5.74, 6) is 1.86. The maximum absolute atomic E-state index is 12.8. The van der Waals surface area contributed by atoms with Gasteiger partial charge in [0.15, 0.2) is 0 Å². The SMILES string of the molecule is CCOc1ccsc1C(=O)N1CCCN(Cc2nccn2C)CC1. The van der Waals surface area contributed by atoms with Gasteiger partial charge >= 0.3 is 0 Å². The Morgan fingerprint density at radius 3 is 2.96 bits per heavy atom. The lowest BCUT2D eigenvalue weighted by Crippen LogP contribution is -2.35. The highest BCUT2D eigenvalue weighted by molar-refractivity contribution is 7.12. The number of imidazole rings is 1. The quantitative estimate of drug-likeness (QED) is 0.831. The molecule has 0 radical (unpaired) electrons. The Morgan fingerprint density at radius 1 is 1.33 bits per heavy atom. The second-order valence-electron chi connectivity index (χ2n) is 5.92. The number of aromatic nitrogens is 2. The minimum absolute atomic E-state index is 0.0901. The predicted molar refractivity (Wildman–Crippen MR) is 94.5 cm³/mol. The van der Waals surface area contributed by atoms with E-state index in [1.165, 1.54) is 11.3 Å². The molecule has 0 aliphatic carbocycles. The van der Waals surface area contributed by atoms with Crippen LogP contribution in [0, 0.1) is 0 Å². The molecule has 0 saturated carbocycles. The molecule has 1 aliphatic rings. The van der Waals surface area contributed by atoms with E-state index in [2.05, 4.69) is 9.88 Å². The van der Waals surface area contributed by atoms with Crippen LogP contribution in [0.2, 0.25) is 0 Å². The molecular formula is C17H24N4O2S. The molecule has 130 valence electrons. The molecule has 1 fully saturated rings. The summed E-state index contributed by atoms with van der Waals surface area (Å²) in [6.07, 6.45) is 4.77. The van der Waals surface area contributed by atoms with Gasteiger partial charge in [0, 0.05) is 45.6 Å². The van der Waals surface area contributed by atoms with Gasteiger partial charge in [-0.15, -0.1) is 11.3 Å². The highest BCUT2D eigenvalue weighted by Crippen LogP contribution is 2.26. The molecule has 3 heterocycles. The summed E-state index contributed by atoms with van der Waals surface area (Å²) in [4.78, 5) is 22.2. The number of hydrogen-bond donors (Lipinski definition) is 0. The van der Waals surface area contributed by atoms with Crippen LogP contribution in [0.25, 0.3) is 0 Å². The van der Waals surface area contributed by atoms with Crippen molar-refractivity contribution in [2.45, 2.75) is 19.9 Å². The second kappa shape index (κ2) is 7.81. The summed E-state index contributed by atoms with van der Waals surface area (Å²) in [6.45, 7) is 6.73. The molecule has 6 nitrogen and oxygen atoms in total. The van der Waals surface area contributed by atoms with E-state index in [-0.39, 0.29) is 5.91 Å². The minimum atomic E-state index is 0.0901. The van der Waals surface area contributed by atoms with E-state index < -0.39 is 0 Å². The lowest BCUT2D eigenvalue weighted by molar-refractivity contribution is 0.0762. The van der Waals surface area contributed by atoms with Gasteiger partial charge in [-0.3, -0.25) is 9.69 Å². The van der Waals surface area contributed by atoms with Crippen molar-refractivity contribution in [1.82, 2.24) is 19.4 Å². The summed E-state index contributed by atoms with van der Waals surface area (Å²) in [7, 11) is 2.02. The fourth-order valence-electron chi connectivity index (χ4n) is 2.95. The standard InChI is InChI=1S/C17H24N4O2S/c1-3-23-14-5-12-24-16(14)17(22)21-8-4-7-20(10-11-21)13-15-18-6-9-19(15)2/h5-6,9,12H,3-4,7-8,10-11,13H2,1-2H3. The van der Waals surface area contributed by atoms with Crippen LogP contribution in [0.4, 0.5) is 0 Å². The van der Waals surface area contributed by atoms with E-state index in [0.717, 1.165) is 49.8 Å². The molecule has 24 heavy (non-hydrogen) atoms. The highest BCUT2D eigenvalue weighted by Gasteiger charge is 2.24. The van der Waals surface area contributed by atoms with Gasteiger partial charge in [-0.25, -0.2) is 4.98 Å². The van der Waals surface area contributed by atoms with Crippen LogP contribution in [0.5, 0.6) is 5.75 Å². The van der Waals surface area contributed by atoms with E-state index >= 15 is 0 Å². The zero-order valence-corrected chi connectivity index (χ0v) is 15.1. The number of carbonyl (C=O) groups is 1. The summed E-state index contributed by atoms with van der Waals surface area (Å²) in [5, 5.41) is 1.92. The number of ether oxygens (including phenoxy) is 1. The van der Waals surface area contributed by atoms with E-state index in [1.807, 2.05) is 47.3 Å². The van der Waals surface area contributed by atoms with E-state index in [1.54, 1.807) is 0 Å². The molecule has 2 aromatic heterocycles. The van der Waals surface area contributed by atoms with Crippen LogP contribution in [0.3, 0.4) is 0 Å². The highest BCUT2D eigenvalue weighted by atomic mass is 32.1. The topological polar surface area (TPSA) is 50.6 Å². The van der Waals surface area contributed by atoms with Crippen molar-refractivity contribution in [2.75, 3.05) is 32.8 Å². The van der Waals surface area contributed by atoms with Gasteiger partial charge in [-0.2, -0.15) is 0 Å². The summed E-state index contributed by atoms with van der Waals surface area (Å²) in [5.41, 5.74) is 0. The predicted octanol–water partition coefficient (Wildman–Crippen LogP) is 2.23. The number of thiophene rings is 1. The first-order chi connectivity index (χ1) is 11.7. The summed E-state index contributed by atoms with van der Waals surface area (Å²) in [6, 6.07) is 1.88. The fourth-order valence-corrected chi connectivity index (χ4v) is 3.75. The van der Waals surface area contributed by atoms with Crippen molar-refractivity contribution in [1.29, 1.82) is 0 Å². The Hall–Kier alpha value is -1.86. The smallest absolute Gasteiger partial charge is 0.267 e. The fraction of sp³-hybridized carbons (Fsp3) is 0.529. The van der Waals surface area contributed by atoms with Crippen LogP contribution in [0.15, 0.2) is 23.8 Å². The molecule has 0 N–H and O–H groups in total. The third-order valence-electron chi connectivity index (χ3n) is 4.28. The Kier molecular flexibility index (Phi) is 5.52. The second-order valence-corrected chi connectivity index (χ2v) is 6.84. The molecule has 0 atom stereocenters. The number of nitrogens with zero attached hydrogens (tertiary/aromatic N) is 4. The average Bonchev–Trinajstić information content (AvgIpc) is 3.12. The molecule has 0 aromatic carbocycles. The third-order valence-corrected chi connectivity index (χ3v) is 5.17. The van der Waals surface area contributed by atoms with Crippen LogP contribution in [-0.2, 0) is 13.6 Å². The van der Waals surface area contributed by atoms with E-state index in [4.69, 9.17) is 4.74 Å². The molecule has 0 unspecified atom stereocenters. The molecule has 2 aromatic rings. The van der Waals surface area contributed by atoms with E-state index in [9.17, 15) is 4.79 Å². The number of amides is 1. The van der Waals surface area contributed by atoms with Crippen molar-refractivity contribution >= 4 is 17.2 Å². The number of rotatable bonds is 5. The van der Waals surface area contributed by atoms with E-state index in [0.29, 0.717) is 12.4 Å². The normalized spacial score (nSPS) is 16.2. The van der Waals surface area contributed by atoms with Crippen molar-refractivity contribution in [3.63, 3.8) is 0 Å². The third kappa shape index (κ3) is 3.79. The first kappa shape index (κ1) is 17.0. The Labute approximate surface area is 146 Å². The molecule has 3 rings (SSSR count). The Morgan fingerprint density at radius 2 is 2.21 bits per heavy atom. The van der Waals surface area contributed by atoms with Gasteiger partial charge in [0.1, 0.15) is 16.5 Å². The number of carbonyl (C=O) groups excluding carboxylic acids is 1. The molecule has 1 amide bonds. The largest absolute Gasteiger partial charge is 0.492 e.